The van der Waals surface area contributed by atoms with Gasteiger partial charge in [-0.3, -0.25) is 29.4 Å². The molecule has 4 atom stereocenters. The molecule has 5 rings (SSSR count). The lowest BCUT2D eigenvalue weighted by molar-refractivity contribution is -0.383. The number of imide groups is 1. The lowest BCUT2D eigenvalue weighted by atomic mass is 9.81. The Bertz CT molecular complexity index is 1250. The van der Waals surface area contributed by atoms with Gasteiger partial charge in [0, 0.05) is 12.1 Å². The lowest BCUT2D eigenvalue weighted by Gasteiger charge is -2.19. The molecule has 0 aromatic heterocycles. The Morgan fingerprint density at radius 1 is 1.06 bits per heavy atom. The van der Waals surface area contributed by atoms with Crippen LogP contribution in [0.3, 0.4) is 0 Å². The van der Waals surface area contributed by atoms with E-state index >= 15 is 0 Å². The summed E-state index contributed by atoms with van der Waals surface area (Å²) in [6.45, 7) is -0.676. The van der Waals surface area contributed by atoms with E-state index in [2.05, 4.69) is 5.32 Å². The Labute approximate surface area is 205 Å². The van der Waals surface area contributed by atoms with Crippen LogP contribution < -0.4 is 15.0 Å². The maximum atomic E-state index is 13.0. The van der Waals surface area contributed by atoms with Crippen LogP contribution >= 0.6 is 0 Å². The van der Waals surface area contributed by atoms with Crippen LogP contribution in [0.15, 0.2) is 42.5 Å². The van der Waals surface area contributed by atoms with Gasteiger partial charge in [0.25, 0.3) is 11.6 Å². The van der Waals surface area contributed by atoms with Crippen molar-refractivity contribution in [3.05, 3.63) is 58.1 Å². The van der Waals surface area contributed by atoms with E-state index in [4.69, 9.17) is 9.47 Å². The zero-order valence-electron chi connectivity index (χ0n) is 19.3. The van der Waals surface area contributed by atoms with Gasteiger partial charge in [-0.2, -0.15) is 0 Å². The predicted octanol–water partition coefficient (Wildman–Crippen LogP) is 2.93. The van der Waals surface area contributed by atoms with E-state index < -0.39 is 23.4 Å². The van der Waals surface area contributed by atoms with Gasteiger partial charge in [0.2, 0.25) is 11.8 Å². The van der Waals surface area contributed by atoms with Gasteiger partial charge in [-0.05, 0) is 61.4 Å². The van der Waals surface area contributed by atoms with Crippen molar-refractivity contribution in [3.63, 3.8) is 0 Å². The third-order valence-electron chi connectivity index (χ3n) is 7.30. The Kier molecular flexibility index (Phi) is 5.91. The number of ether oxygens (including phenoxy) is 2. The van der Waals surface area contributed by atoms with E-state index in [1.165, 1.54) is 54.5 Å². The number of amides is 3. The van der Waals surface area contributed by atoms with Crippen molar-refractivity contribution in [1.82, 2.24) is 0 Å². The standard InChI is InChI=1S/C25H23N3O8/c1-35-17-8-9-19(28(33)34)18(11-17)26-20(29)12-36-25(32)13-4-6-16(7-5-13)27-23(30)21-14-2-3-15(10-14)22(21)24(27)31/h4-9,11,14-15,21-22H,2-3,10,12H2,1H3,(H,26,29)/t14-,15-,21-,22-/m0/s1. The molecule has 0 spiro atoms. The summed E-state index contributed by atoms with van der Waals surface area (Å²) < 4.78 is 10.0. The van der Waals surface area contributed by atoms with E-state index in [0.29, 0.717) is 11.4 Å². The molecule has 1 saturated heterocycles. The largest absolute Gasteiger partial charge is 0.497 e. The fraction of sp³-hybridized carbons (Fsp3) is 0.360. The number of anilines is 2. The molecule has 1 aliphatic heterocycles. The van der Waals surface area contributed by atoms with Gasteiger partial charge in [-0.15, -0.1) is 0 Å². The van der Waals surface area contributed by atoms with Crippen molar-refractivity contribution in [3.8, 4) is 5.75 Å². The SMILES string of the molecule is COc1ccc([N+](=O)[O-])c(NC(=O)COC(=O)c2ccc(N3C(=O)[C@H]4[C@H]5CC[C@@H](C5)[C@@H]4C3=O)cc2)c1. The second-order valence-electron chi connectivity index (χ2n) is 9.21. The van der Waals surface area contributed by atoms with E-state index in [1.54, 1.807) is 0 Å². The number of fused-ring (bicyclic) bond motifs is 5. The molecule has 0 radical (unpaired) electrons. The van der Waals surface area contributed by atoms with Crippen LogP contribution in [0.1, 0.15) is 29.6 Å². The average molecular weight is 493 g/mol. The number of nitrogens with one attached hydrogen (secondary N) is 1. The van der Waals surface area contributed by atoms with Crippen molar-refractivity contribution in [2.45, 2.75) is 19.3 Å². The summed E-state index contributed by atoms with van der Waals surface area (Å²) in [5, 5.41) is 13.5. The third kappa shape index (κ3) is 3.96. The minimum Gasteiger partial charge on any atom is -0.497 e. The van der Waals surface area contributed by atoms with Crippen LogP contribution in [0.5, 0.6) is 5.75 Å². The third-order valence-corrected chi connectivity index (χ3v) is 7.30. The first-order valence-corrected chi connectivity index (χ1v) is 11.6. The number of hydrogen-bond donors (Lipinski definition) is 1. The molecule has 2 aromatic rings. The summed E-state index contributed by atoms with van der Waals surface area (Å²) in [5.41, 5.74) is 0.0915. The highest BCUT2D eigenvalue weighted by atomic mass is 16.6. The van der Waals surface area contributed by atoms with Gasteiger partial charge in [-0.25, -0.2) is 4.79 Å². The summed E-state index contributed by atoms with van der Waals surface area (Å²) >= 11 is 0. The van der Waals surface area contributed by atoms with E-state index in [-0.39, 0.29) is 52.4 Å². The molecule has 0 unspecified atom stereocenters. The van der Waals surface area contributed by atoms with Gasteiger partial charge >= 0.3 is 5.97 Å². The van der Waals surface area contributed by atoms with E-state index in [9.17, 15) is 29.3 Å². The molecule has 11 nitrogen and oxygen atoms in total. The van der Waals surface area contributed by atoms with Crippen LogP contribution in [0.25, 0.3) is 0 Å². The summed E-state index contributed by atoms with van der Waals surface area (Å²) in [6.07, 6.45) is 2.93. The van der Waals surface area contributed by atoms with Crippen molar-refractivity contribution in [2.75, 3.05) is 23.9 Å². The highest BCUT2D eigenvalue weighted by Gasteiger charge is 2.61. The molecule has 36 heavy (non-hydrogen) atoms. The van der Waals surface area contributed by atoms with Gasteiger partial charge in [-0.1, -0.05) is 0 Å². The van der Waals surface area contributed by atoms with Crippen LogP contribution in [0.2, 0.25) is 0 Å². The number of methoxy groups -OCH3 is 1. The molecule has 11 heteroatoms. The monoisotopic (exact) mass is 493 g/mol. The fourth-order valence-electron chi connectivity index (χ4n) is 5.71. The number of carbonyl (C=O) groups excluding carboxylic acids is 4. The Hall–Kier alpha value is -4.28. The highest BCUT2D eigenvalue weighted by Crippen LogP contribution is 2.56. The predicted molar refractivity (Wildman–Crippen MR) is 125 cm³/mol. The number of carbonyl (C=O) groups is 4. The van der Waals surface area contributed by atoms with Crippen LogP contribution in [-0.4, -0.2) is 42.3 Å². The molecular formula is C25H23N3O8. The van der Waals surface area contributed by atoms with Crippen LogP contribution in [0.4, 0.5) is 17.1 Å². The summed E-state index contributed by atoms with van der Waals surface area (Å²) in [4.78, 5) is 62.3. The second kappa shape index (κ2) is 9.06. The number of nitrogens with zero attached hydrogens (tertiary/aromatic N) is 2. The molecule has 3 aliphatic rings. The highest BCUT2D eigenvalue weighted by molar-refractivity contribution is 6.22. The van der Waals surface area contributed by atoms with Crippen LogP contribution in [-0.2, 0) is 19.1 Å². The second-order valence-corrected chi connectivity index (χ2v) is 9.21. The van der Waals surface area contributed by atoms with Gasteiger partial charge in [0.05, 0.1) is 35.1 Å². The molecule has 2 aliphatic carbocycles. The van der Waals surface area contributed by atoms with Crippen LogP contribution in [0, 0.1) is 33.8 Å². The molecule has 186 valence electrons. The topological polar surface area (TPSA) is 145 Å². The number of benzene rings is 2. The zero-order chi connectivity index (χ0) is 25.6. The first kappa shape index (κ1) is 23.5. The van der Waals surface area contributed by atoms with Crippen molar-refractivity contribution >= 4 is 40.8 Å². The Morgan fingerprint density at radius 3 is 2.28 bits per heavy atom. The maximum Gasteiger partial charge on any atom is 0.338 e. The number of nitro groups is 1. The first-order chi connectivity index (χ1) is 17.3. The summed E-state index contributed by atoms with van der Waals surface area (Å²) in [7, 11) is 1.38. The van der Waals surface area contributed by atoms with Crippen molar-refractivity contribution in [1.29, 1.82) is 0 Å². The normalized spacial score (nSPS) is 24.0. The summed E-state index contributed by atoms with van der Waals surface area (Å²) in [5.74, 6) is -1.53. The van der Waals surface area contributed by atoms with Gasteiger partial charge in [0.15, 0.2) is 6.61 Å². The minimum absolute atomic E-state index is 0.0945. The van der Waals surface area contributed by atoms with Gasteiger partial charge < -0.3 is 14.8 Å². The molecule has 3 amide bonds. The molecule has 2 saturated carbocycles. The average Bonchev–Trinajstić information content (AvgIpc) is 3.56. The van der Waals surface area contributed by atoms with Gasteiger partial charge in [0.1, 0.15) is 11.4 Å². The molecule has 2 bridgehead atoms. The molecule has 1 heterocycles. The van der Waals surface area contributed by atoms with E-state index in [1.807, 2.05) is 0 Å². The summed E-state index contributed by atoms with van der Waals surface area (Å²) in [6, 6.07) is 9.73. The van der Waals surface area contributed by atoms with Crippen molar-refractivity contribution < 1.29 is 33.6 Å². The number of esters is 1. The molecule has 1 N–H and O–H groups in total. The number of rotatable bonds is 7. The quantitative estimate of drug-likeness (QED) is 0.268. The number of hydrogen-bond acceptors (Lipinski definition) is 8. The Balaban J connectivity index is 1.21. The van der Waals surface area contributed by atoms with Crippen molar-refractivity contribution in [2.24, 2.45) is 23.7 Å². The Morgan fingerprint density at radius 2 is 1.69 bits per heavy atom. The van der Waals surface area contributed by atoms with E-state index in [0.717, 1.165) is 19.3 Å². The lowest BCUT2D eigenvalue weighted by Crippen LogP contribution is -2.32. The maximum absolute atomic E-state index is 13.0. The fourth-order valence-corrected chi connectivity index (χ4v) is 5.71. The molecular weight excluding hydrogens is 470 g/mol. The first-order valence-electron chi connectivity index (χ1n) is 11.6. The minimum atomic E-state index is -0.800. The number of nitro benzene ring substituents is 1. The molecule has 2 aromatic carbocycles. The zero-order valence-corrected chi connectivity index (χ0v) is 19.3. The molecule has 3 fully saturated rings. The smallest absolute Gasteiger partial charge is 0.338 e.